The maximum Gasteiger partial charge on any atom is 0.418 e. The van der Waals surface area contributed by atoms with Crippen LogP contribution in [0.2, 0.25) is 0 Å². The number of aromatic nitrogens is 3. The topological polar surface area (TPSA) is 71.5 Å². The number of carbonyl (C=O) groups excluding carboxylic acids is 1. The van der Waals surface area contributed by atoms with Crippen molar-refractivity contribution in [3.63, 3.8) is 0 Å². The Morgan fingerprint density at radius 3 is 2.13 bits per heavy atom. The van der Waals surface area contributed by atoms with Gasteiger partial charge in [0.25, 0.3) is 0 Å². The second-order valence-electron chi connectivity index (χ2n) is 10.4. The first-order chi connectivity index (χ1) is 17.6. The normalized spacial score (nSPS) is 14.8. The number of benzene rings is 1. The summed E-state index contributed by atoms with van der Waals surface area (Å²) in [6.45, 7) is 10.5. The maximum atomic E-state index is 15.9. The highest BCUT2D eigenvalue weighted by Gasteiger charge is 2.38. The molecular formula is C26H28F5N5O2. The van der Waals surface area contributed by atoms with Gasteiger partial charge in [-0.3, -0.25) is 4.98 Å². The Labute approximate surface area is 216 Å². The lowest BCUT2D eigenvalue weighted by atomic mass is 9.95. The van der Waals surface area contributed by atoms with Gasteiger partial charge in [-0.15, -0.1) is 0 Å². The van der Waals surface area contributed by atoms with Gasteiger partial charge in [-0.1, -0.05) is 0 Å². The van der Waals surface area contributed by atoms with Crippen LogP contribution in [0.5, 0.6) is 0 Å². The first-order valence-corrected chi connectivity index (χ1v) is 12.0. The predicted octanol–water partition coefficient (Wildman–Crippen LogP) is 5.97. The van der Waals surface area contributed by atoms with Crippen molar-refractivity contribution in [3.05, 3.63) is 46.4 Å². The monoisotopic (exact) mass is 537 g/mol. The number of halogens is 5. The van der Waals surface area contributed by atoms with Gasteiger partial charge < -0.3 is 14.5 Å². The lowest BCUT2D eigenvalue weighted by Gasteiger charge is -2.36. The van der Waals surface area contributed by atoms with E-state index in [1.165, 1.54) is 37.8 Å². The van der Waals surface area contributed by atoms with Crippen molar-refractivity contribution in [3.8, 4) is 11.3 Å². The number of fused-ring (bicyclic) bond motifs is 1. The van der Waals surface area contributed by atoms with Crippen molar-refractivity contribution in [1.29, 1.82) is 0 Å². The van der Waals surface area contributed by atoms with E-state index in [0.29, 0.717) is 0 Å². The molecule has 204 valence electrons. The van der Waals surface area contributed by atoms with E-state index in [2.05, 4.69) is 15.0 Å². The molecule has 3 heterocycles. The Kier molecular flexibility index (Phi) is 6.96. The molecule has 3 aromatic rings. The summed E-state index contributed by atoms with van der Waals surface area (Å²) < 4.78 is 77.8. The van der Waals surface area contributed by atoms with E-state index in [1.54, 1.807) is 25.7 Å². The summed E-state index contributed by atoms with van der Waals surface area (Å²) in [6, 6.07) is 2.72. The second kappa shape index (κ2) is 9.63. The van der Waals surface area contributed by atoms with Crippen LogP contribution in [0.4, 0.5) is 32.6 Å². The molecule has 1 saturated heterocycles. The molecular weight excluding hydrogens is 509 g/mol. The third-order valence-corrected chi connectivity index (χ3v) is 6.18. The molecule has 0 saturated carbocycles. The van der Waals surface area contributed by atoms with Crippen LogP contribution in [-0.2, 0) is 10.9 Å². The van der Waals surface area contributed by atoms with E-state index in [4.69, 9.17) is 4.74 Å². The van der Waals surface area contributed by atoms with Crippen molar-refractivity contribution in [2.75, 3.05) is 31.1 Å². The first kappa shape index (κ1) is 27.5. The van der Waals surface area contributed by atoms with E-state index in [9.17, 15) is 22.4 Å². The Morgan fingerprint density at radius 2 is 1.55 bits per heavy atom. The molecule has 0 N–H and O–H groups in total. The SMILES string of the molecule is Cc1cc(C)c(C(F)(F)F)c(-c2c(C)cc3c(N4CCN(C(=O)OC(C)(C)C)CC4)nc(F)nc3c2F)n1. The minimum Gasteiger partial charge on any atom is -0.444 e. The highest BCUT2D eigenvalue weighted by molar-refractivity contribution is 5.94. The summed E-state index contributed by atoms with van der Waals surface area (Å²) in [7, 11) is 0. The van der Waals surface area contributed by atoms with Gasteiger partial charge in [-0.2, -0.15) is 27.5 Å². The van der Waals surface area contributed by atoms with Crippen LogP contribution < -0.4 is 4.90 Å². The number of rotatable bonds is 2. The molecule has 2 aromatic heterocycles. The molecule has 7 nitrogen and oxygen atoms in total. The smallest absolute Gasteiger partial charge is 0.418 e. The molecule has 0 atom stereocenters. The number of amides is 1. The number of carbonyl (C=O) groups is 1. The molecule has 0 unspecified atom stereocenters. The molecule has 0 radical (unpaired) electrons. The summed E-state index contributed by atoms with van der Waals surface area (Å²) in [5, 5.41) is 0.147. The molecule has 1 fully saturated rings. The zero-order valence-corrected chi connectivity index (χ0v) is 21.9. The first-order valence-electron chi connectivity index (χ1n) is 12.0. The molecule has 4 rings (SSSR count). The van der Waals surface area contributed by atoms with E-state index in [-0.39, 0.29) is 54.2 Å². The van der Waals surface area contributed by atoms with Gasteiger partial charge in [0.15, 0.2) is 5.82 Å². The van der Waals surface area contributed by atoms with Crippen LogP contribution in [0.15, 0.2) is 12.1 Å². The fourth-order valence-electron chi connectivity index (χ4n) is 4.65. The number of hydrogen-bond acceptors (Lipinski definition) is 6. The number of hydrogen-bond donors (Lipinski definition) is 0. The van der Waals surface area contributed by atoms with Gasteiger partial charge in [-0.05, 0) is 64.8 Å². The Morgan fingerprint density at radius 1 is 0.921 bits per heavy atom. The van der Waals surface area contributed by atoms with Crippen LogP contribution >= 0.6 is 0 Å². The van der Waals surface area contributed by atoms with E-state index >= 15 is 4.39 Å². The summed E-state index contributed by atoms with van der Waals surface area (Å²) in [5.41, 5.74) is -2.79. The van der Waals surface area contributed by atoms with Gasteiger partial charge in [-0.25, -0.2) is 9.18 Å². The summed E-state index contributed by atoms with van der Waals surface area (Å²) in [4.78, 5) is 27.1. The van der Waals surface area contributed by atoms with Crippen LogP contribution in [-0.4, -0.2) is 57.7 Å². The summed E-state index contributed by atoms with van der Waals surface area (Å²) >= 11 is 0. The Hall–Kier alpha value is -3.57. The van der Waals surface area contributed by atoms with Gasteiger partial charge in [0.1, 0.15) is 16.9 Å². The lowest BCUT2D eigenvalue weighted by Crippen LogP contribution is -2.50. The minimum absolute atomic E-state index is 0.0920. The molecule has 1 aliphatic heterocycles. The highest BCUT2D eigenvalue weighted by Crippen LogP contribution is 2.42. The van der Waals surface area contributed by atoms with Gasteiger partial charge in [0, 0.05) is 42.8 Å². The zero-order valence-electron chi connectivity index (χ0n) is 21.9. The number of anilines is 1. The van der Waals surface area contributed by atoms with Crippen molar-refractivity contribution in [2.45, 2.75) is 53.3 Å². The average molecular weight is 538 g/mol. The van der Waals surface area contributed by atoms with Crippen LogP contribution in [0, 0.1) is 32.7 Å². The summed E-state index contributed by atoms with van der Waals surface area (Å²) in [6.07, 6.45) is -6.49. The summed E-state index contributed by atoms with van der Waals surface area (Å²) in [5.74, 6) is -1.02. The lowest BCUT2D eigenvalue weighted by molar-refractivity contribution is -0.137. The molecule has 1 amide bonds. The maximum absolute atomic E-state index is 15.9. The standard InChI is InChI=1S/C26H28F5N5O2/c1-13-12-16-20(19(27)17(13)21-18(26(29,30)31)14(2)11-15(3)32-21)33-23(28)34-22(16)35-7-9-36(10-8-35)24(37)38-25(4,5)6/h11-12H,7-10H2,1-6H3. The van der Waals surface area contributed by atoms with Gasteiger partial charge in [0.2, 0.25) is 0 Å². The van der Waals surface area contributed by atoms with Crippen LogP contribution in [0.25, 0.3) is 22.2 Å². The fraction of sp³-hybridized carbons (Fsp3) is 0.462. The van der Waals surface area contributed by atoms with E-state index in [1.807, 2.05) is 0 Å². The third kappa shape index (κ3) is 5.34. The van der Waals surface area contributed by atoms with Crippen molar-refractivity contribution >= 4 is 22.8 Å². The number of aryl methyl sites for hydroxylation is 3. The largest absolute Gasteiger partial charge is 0.444 e. The quantitative estimate of drug-likeness (QED) is 0.296. The fourth-order valence-corrected chi connectivity index (χ4v) is 4.65. The molecule has 1 aromatic carbocycles. The molecule has 0 spiro atoms. The molecule has 0 bridgehead atoms. The van der Waals surface area contributed by atoms with E-state index in [0.717, 1.165) is 0 Å². The minimum atomic E-state index is -4.79. The number of ether oxygens (including phenoxy) is 1. The Balaban J connectivity index is 1.78. The molecule has 1 aliphatic rings. The van der Waals surface area contributed by atoms with Crippen LogP contribution in [0.1, 0.15) is 43.2 Å². The number of nitrogens with zero attached hydrogens (tertiary/aromatic N) is 5. The number of pyridine rings is 1. The number of alkyl halides is 3. The van der Waals surface area contributed by atoms with Crippen molar-refractivity contribution < 1.29 is 31.5 Å². The van der Waals surface area contributed by atoms with Crippen LogP contribution in [0.3, 0.4) is 0 Å². The van der Waals surface area contributed by atoms with Crippen molar-refractivity contribution in [1.82, 2.24) is 19.9 Å². The zero-order chi connectivity index (χ0) is 28.2. The van der Waals surface area contributed by atoms with Gasteiger partial charge >= 0.3 is 18.3 Å². The highest BCUT2D eigenvalue weighted by atomic mass is 19.4. The average Bonchev–Trinajstić information content (AvgIpc) is 2.77. The molecule has 12 heteroatoms. The third-order valence-electron chi connectivity index (χ3n) is 6.18. The second-order valence-corrected chi connectivity index (χ2v) is 10.4. The van der Waals surface area contributed by atoms with Crippen molar-refractivity contribution in [2.24, 2.45) is 0 Å². The predicted molar refractivity (Wildman–Crippen MR) is 132 cm³/mol. The molecule has 0 aliphatic carbocycles. The van der Waals surface area contributed by atoms with E-state index < -0.39 is 52.1 Å². The molecule has 38 heavy (non-hydrogen) atoms. The number of piperazine rings is 1. The Bertz CT molecular complexity index is 1410. The van der Waals surface area contributed by atoms with Gasteiger partial charge in [0.05, 0.1) is 11.3 Å².